The Bertz CT molecular complexity index is 1150. The molecule has 0 bridgehead atoms. The topological polar surface area (TPSA) is 110 Å². The third-order valence-electron chi connectivity index (χ3n) is 4.19. The summed E-state index contributed by atoms with van der Waals surface area (Å²) in [6.45, 7) is 3.54. The van der Waals surface area contributed by atoms with E-state index in [2.05, 4.69) is 20.0 Å². The van der Waals surface area contributed by atoms with Crippen molar-refractivity contribution in [1.29, 1.82) is 0 Å². The number of aryl methyl sites for hydroxylation is 1. The van der Waals surface area contributed by atoms with Gasteiger partial charge in [-0.15, -0.1) is 11.8 Å². The molecule has 10 heteroatoms. The molecule has 162 valence electrons. The molecule has 0 radical (unpaired) electrons. The highest BCUT2D eigenvalue weighted by molar-refractivity contribution is 8.00. The molecule has 31 heavy (non-hydrogen) atoms. The first-order valence-electron chi connectivity index (χ1n) is 9.31. The van der Waals surface area contributed by atoms with E-state index < -0.39 is 10.0 Å². The van der Waals surface area contributed by atoms with E-state index in [9.17, 15) is 13.2 Å². The summed E-state index contributed by atoms with van der Waals surface area (Å²) in [4.78, 5) is 21.4. The molecule has 8 nitrogen and oxygen atoms in total. The van der Waals surface area contributed by atoms with Gasteiger partial charge in [0.25, 0.3) is 10.0 Å². The van der Waals surface area contributed by atoms with Crippen LogP contribution in [0.1, 0.15) is 12.6 Å². The fourth-order valence-corrected chi connectivity index (χ4v) is 4.37. The number of amides is 1. The van der Waals surface area contributed by atoms with Gasteiger partial charge in [-0.25, -0.2) is 23.1 Å². The first-order chi connectivity index (χ1) is 14.8. The lowest BCUT2D eigenvalue weighted by Gasteiger charge is -2.13. The number of anilines is 2. The van der Waals surface area contributed by atoms with E-state index in [0.717, 1.165) is 10.6 Å². The van der Waals surface area contributed by atoms with Crippen molar-refractivity contribution in [1.82, 2.24) is 9.97 Å². The molecule has 0 aliphatic carbocycles. The van der Waals surface area contributed by atoms with Crippen LogP contribution in [0.25, 0.3) is 0 Å². The minimum absolute atomic E-state index is 0.00163. The second-order valence-corrected chi connectivity index (χ2v) is 9.67. The van der Waals surface area contributed by atoms with Crippen molar-refractivity contribution >= 4 is 39.3 Å². The second-order valence-electron chi connectivity index (χ2n) is 6.58. The van der Waals surface area contributed by atoms with E-state index in [1.54, 1.807) is 27.0 Å². The Labute approximate surface area is 185 Å². The Hall–Kier alpha value is -3.11. The first-order valence-corrected chi connectivity index (χ1v) is 11.7. The van der Waals surface area contributed by atoms with Crippen LogP contribution in [0.2, 0.25) is 0 Å². The highest BCUT2D eigenvalue weighted by Gasteiger charge is 2.18. The standard InChI is InChI=1S/C21H22N4O4S2/c1-14-12-13-22-21(23-14)25-31(27,28)19-10-4-16(5-11-19)24-20(26)15(2)30-18-8-6-17(29-3)7-9-18/h4-13,15H,1-3H3,(H,24,26)(H,22,23,25). The number of hydrogen-bond acceptors (Lipinski definition) is 7. The summed E-state index contributed by atoms with van der Waals surface area (Å²) in [5.74, 6) is 0.560. The van der Waals surface area contributed by atoms with Crippen LogP contribution in [0, 0.1) is 6.92 Å². The van der Waals surface area contributed by atoms with Crippen LogP contribution in [0.3, 0.4) is 0 Å². The number of thioether (sulfide) groups is 1. The number of benzene rings is 2. The van der Waals surface area contributed by atoms with Crippen LogP contribution in [-0.2, 0) is 14.8 Å². The molecule has 1 heterocycles. The number of nitrogens with zero attached hydrogens (tertiary/aromatic N) is 2. The van der Waals surface area contributed by atoms with Gasteiger partial charge in [0.1, 0.15) is 5.75 Å². The summed E-state index contributed by atoms with van der Waals surface area (Å²) in [7, 11) is -2.24. The zero-order valence-electron chi connectivity index (χ0n) is 17.2. The zero-order chi connectivity index (χ0) is 22.4. The van der Waals surface area contributed by atoms with Gasteiger partial charge in [0.05, 0.1) is 17.3 Å². The summed E-state index contributed by atoms with van der Waals surface area (Å²) in [6, 6.07) is 15.0. The predicted octanol–water partition coefficient (Wildman–Crippen LogP) is 3.71. The van der Waals surface area contributed by atoms with Crippen LogP contribution >= 0.6 is 11.8 Å². The third kappa shape index (κ3) is 6.19. The summed E-state index contributed by atoms with van der Waals surface area (Å²) in [5, 5.41) is 2.45. The minimum atomic E-state index is -3.84. The van der Waals surface area contributed by atoms with Crippen LogP contribution < -0.4 is 14.8 Å². The van der Waals surface area contributed by atoms with Crippen molar-refractivity contribution in [2.75, 3.05) is 17.1 Å². The van der Waals surface area contributed by atoms with Crippen LogP contribution in [-0.4, -0.2) is 36.7 Å². The SMILES string of the molecule is COc1ccc(SC(C)C(=O)Nc2ccc(S(=O)(=O)Nc3nccc(C)n3)cc2)cc1. The van der Waals surface area contributed by atoms with Gasteiger partial charge < -0.3 is 10.1 Å². The number of carbonyl (C=O) groups is 1. The van der Waals surface area contributed by atoms with Crippen molar-refractivity contribution in [3.05, 3.63) is 66.5 Å². The maximum Gasteiger partial charge on any atom is 0.264 e. The van der Waals surface area contributed by atoms with Crippen LogP contribution in [0.4, 0.5) is 11.6 Å². The van der Waals surface area contributed by atoms with E-state index in [1.807, 2.05) is 24.3 Å². The average molecular weight is 459 g/mol. The van der Waals surface area contributed by atoms with Gasteiger partial charge in [0.2, 0.25) is 11.9 Å². The molecule has 0 saturated carbocycles. The van der Waals surface area contributed by atoms with E-state index >= 15 is 0 Å². The zero-order valence-corrected chi connectivity index (χ0v) is 18.8. The largest absolute Gasteiger partial charge is 0.497 e. The van der Waals surface area contributed by atoms with Crippen molar-refractivity contribution in [3.8, 4) is 5.75 Å². The number of hydrogen-bond donors (Lipinski definition) is 2. The number of ether oxygens (including phenoxy) is 1. The summed E-state index contributed by atoms with van der Waals surface area (Å²) in [6.07, 6.45) is 1.48. The Morgan fingerprint density at radius 2 is 1.74 bits per heavy atom. The molecular formula is C21H22N4O4S2. The van der Waals surface area contributed by atoms with E-state index in [1.165, 1.54) is 42.2 Å². The summed E-state index contributed by atoms with van der Waals surface area (Å²) in [5.41, 5.74) is 1.14. The van der Waals surface area contributed by atoms with Gasteiger partial charge in [-0.2, -0.15) is 0 Å². The van der Waals surface area contributed by atoms with E-state index in [-0.39, 0.29) is 22.0 Å². The molecule has 0 aliphatic rings. The Morgan fingerprint density at radius 3 is 2.35 bits per heavy atom. The first kappa shape index (κ1) is 22.6. The molecule has 2 aromatic carbocycles. The number of aromatic nitrogens is 2. The van der Waals surface area contributed by atoms with Crippen LogP contribution in [0.15, 0.2) is 70.6 Å². The molecule has 1 aromatic heterocycles. The van der Waals surface area contributed by atoms with Gasteiger partial charge in [0.15, 0.2) is 0 Å². The molecule has 0 spiro atoms. The van der Waals surface area contributed by atoms with Gasteiger partial charge >= 0.3 is 0 Å². The summed E-state index contributed by atoms with van der Waals surface area (Å²) >= 11 is 1.41. The predicted molar refractivity (Wildman–Crippen MR) is 121 cm³/mol. The Balaban J connectivity index is 1.61. The molecule has 0 saturated heterocycles. The highest BCUT2D eigenvalue weighted by atomic mass is 32.2. The molecule has 2 N–H and O–H groups in total. The van der Waals surface area contributed by atoms with Gasteiger partial charge in [0, 0.05) is 22.5 Å². The normalized spacial score (nSPS) is 12.1. The lowest BCUT2D eigenvalue weighted by Crippen LogP contribution is -2.22. The maximum absolute atomic E-state index is 12.5. The fraction of sp³-hybridized carbons (Fsp3) is 0.190. The Morgan fingerprint density at radius 1 is 1.06 bits per heavy atom. The smallest absolute Gasteiger partial charge is 0.264 e. The molecule has 3 aromatic rings. The molecule has 1 amide bonds. The average Bonchev–Trinajstić information content (AvgIpc) is 2.74. The van der Waals surface area contributed by atoms with E-state index in [0.29, 0.717) is 11.4 Å². The molecule has 1 atom stereocenters. The van der Waals surface area contributed by atoms with Crippen LogP contribution in [0.5, 0.6) is 5.75 Å². The third-order valence-corrected chi connectivity index (χ3v) is 6.65. The number of rotatable bonds is 8. The number of sulfonamides is 1. The maximum atomic E-state index is 12.5. The number of carbonyl (C=O) groups excluding carboxylic acids is 1. The number of nitrogens with one attached hydrogen (secondary N) is 2. The summed E-state index contributed by atoms with van der Waals surface area (Å²) < 4.78 is 32.5. The van der Waals surface area contributed by atoms with Gasteiger partial charge in [-0.1, -0.05) is 0 Å². The Kier molecular flexibility index (Phi) is 7.13. The second kappa shape index (κ2) is 9.80. The molecule has 1 unspecified atom stereocenters. The quantitative estimate of drug-likeness (QED) is 0.495. The lowest BCUT2D eigenvalue weighted by molar-refractivity contribution is -0.115. The monoisotopic (exact) mass is 458 g/mol. The fourth-order valence-electron chi connectivity index (χ4n) is 2.55. The molecule has 0 aliphatic heterocycles. The number of methoxy groups -OCH3 is 1. The highest BCUT2D eigenvalue weighted by Crippen LogP contribution is 2.26. The van der Waals surface area contributed by atoms with E-state index in [4.69, 9.17) is 4.74 Å². The molecular weight excluding hydrogens is 436 g/mol. The van der Waals surface area contributed by atoms with Crippen molar-refractivity contribution in [3.63, 3.8) is 0 Å². The minimum Gasteiger partial charge on any atom is -0.497 e. The van der Waals surface area contributed by atoms with Crippen molar-refractivity contribution < 1.29 is 17.9 Å². The van der Waals surface area contributed by atoms with Gasteiger partial charge in [-0.3, -0.25) is 4.79 Å². The molecule has 3 rings (SSSR count). The van der Waals surface area contributed by atoms with Gasteiger partial charge in [-0.05, 0) is 68.4 Å². The van der Waals surface area contributed by atoms with Crippen molar-refractivity contribution in [2.45, 2.75) is 28.9 Å². The van der Waals surface area contributed by atoms with Crippen molar-refractivity contribution in [2.24, 2.45) is 0 Å². The molecule has 0 fully saturated rings. The lowest BCUT2D eigenvalue weighted by atomic mass is 10.3.